The van der Waals surface area contributed by atoms with Gasteiger partial charge in [-0.25, -0.2) is 0 Å². The first-order valence-corrected chi connectivity index (χ1v) is 9.79. The standard InChI is InChI=1S/C22H24F6N2O2/c1-14(29)7-20(31)30-11-17(16-5-3-2-4-6-16)13-32-12-15-8-18(21(23,24)25)10-19(9-15)22(26,27)28/h2-6,8-10,14,17H,7,11-13,29H2,1H3,(H,30,31). The van der Waals surface area contributed by atoms with Crippen molar-refractivity contribution < 1.29 is 35.9 Å². The van der Waals surface area contributed by atoms with Crippen LogP contribution in [0.4, 0.5) is 26.3 Å². The monoisotopic (exact) mass is 462 g/mol. The number of benzene rings is 2. The average molecular weight is 462 g/mol. The van der Waals surface area contributed by atoms with Gasteiger partial charge in [0.05, 0.1) is 24.3 Å². The van der Waals surface area contributed by atoms with Gasteiger partial charge in [0, 0.05) is 24.9 Å². The van der Waals surface area contributed by atoms with Crippen molar-refractivity contribution in [1.29, 1.82) is 0 Å². The van der Waals surface area contributed by atoms with E-state index in [1.54, 1.807) is 37.3 Å². The third kappa shape index (κ3) is 8.16. The summed E-state index contributed by atoms with van der Waals surface area (Å²) in [6.45, 7) is 1.37. The molecule has 0 spiro atoms. The molecule has 0 fully saturated rings. The quantitative estimate of drug-likeness (QED) is 0.523. The van der Waals surface area contributed by atoms with E-state index in [4.69, 9.17) is 10.5 Å². The lowest BCUT2D eigenvalue weighted by molar-refractivity contribution is -0.143. The number of alkyl halides is 6. The molecule has 2 aromatic rings. The molecule has 0 aromatic heterocycles. The fourth-order valence-corrected chi connectivity index (χ4v) is 3.02. The molecule has 0 saturated heterocycles. The lowest BCUT2D eigenvalue weighted by atomic mass is 10.00. The van der Waals surface area contributed by atoms with Crippen LogP contribution in [0.15, 0.2) is 48.5 Å². The first-order chi connectivity index (χ1) is 14.9. The summed E-state index contributed by atoms with van der Waals surface area (Å²) in [5.74, 6) is -0.630. The van der Waals surface area contributed by atoms with Crippen molar-refractivity contribution in [2.24, 2.45) is 5.73 Å². The van der Waals surface area contributed by atoms with Crippen LogP contribution in [-0.2, 0) is 28.5 Å². The average Bonchev–Trinajstić information content (AvgIpc) is 2.69. The number of hydrogen-bond acceptors (Lipinski definition) is 3. The summed E-state index contributed by atoms with van der Waals surface area (Å²) in [5, 5.41) is 2.72. The molecule has 2 rings (SSSR count). The second-order valence-corrected chi connectivity index (χ2v) is 7.52. The van der Waals surface area contributed by atoms with Crippen LogP contribution in [0.3, 0.4) is 0 Å². The van der Waals surface area contributed by atoms with Gasteiger partial charge in [-0.1, -0.05) is 30.3 Å². The second-order valence-electron chi connectivity index (χ2n) is 7.52. The lowest BCUT2D eigenvalue weighted by Crippen LogP contribution is -2.33. The fourth-order valence-electron chi connectivity index (χ4n) is 3.02. The Bertz CT molecular complexity index is 850. The molecule has 0 heterocycles. The van der Waals surface area contributed by atoms with Crippen molar-refractivity contribution >= 4 is 5.91 Å². The van der Waals surface area contributed by atoms with Gasteiger partial charge in [0.15, 0.2) is 0 Å². The molecule has 2 aromatic carbocycles. The Hall–Kier alpha value is -2.59. The molecule has 32 heavy (non-hydrogen) atoms. The highest BCUT2D eigenvalue weighted by molar-refractivity contribution is 5.76. The van der Waals surface area contributed by atoms with Gasteiger partial charge in [-0.15, -0.1) is 0 Å². The van der Waals surface area contributed by atoms with Gasteiger partial charge in [-0.05, 0) is 36.2 Å². The minimum Gasteiger partial charge on any atom is -0.376 e. The van der Waals surface area contributed by atoms with Crippen LogP contribution in [0.1, 0.15) is 41.5 Å². The Morgan fingerprint density at radius 3 is 2.06 bits per heavy atom. The van der Waals surface area contributed by atoms with Gasteiger partial charge < -0.3 is 15.8 Å². The summed E-state index contributed by atoms with van der Waals surface area (Å²) in [5.41, 5.74) is 3.36. The number of carbonyl (C=O) groups is 1. The zero-order valence-electron chi connectivity index (χ0n) is 17.3. The number of nitrogens with two attached hydrogens (primary N) is 1. The van der Waals surface area contributed by atoms with E-state index in [9.17, 15) is 31.1 Å². The highest BCUT2D eigenvalue weighted by Crippen LogP contribution is 2.36. The molecule has 0 aliphatic rings. The number of ether oxygens (including phenoxy) is 1. The van der Waals surface area contributed by atoms with Crippen molar-refractivity contribution in [1.82, 2.24) is 5.32 Å². The summed E-state index contributed by atoms with van der Waals surface area (Å²) in [7, 11) is 0. The van der Waals surface area contributed by atoms with Gasteiger partial charge in [0.2, 0.25) is 5.91 Å². The normalized spacial score (nSPS) is 14.1. The molecule has 10 heteroatoms. The summed E-state index contributed by atoms with van der Waals surface area (Å²) < 4.78 is 83.6. The molecular formula is C22H24F6N2O2. The second kappa shape index (κ2) is 10.8. The first-order valence-electron chi connectivity index (χ1n) is 9.79. The summed E-state index contributed by atoms with van der Waals surface area (Å²) in [6.07, 6.45) is -9.73. The molecule has 4 nitrogen and oxygen atoms in total. The van der Waals surface area contributed by atoms with E-state index < -0.39 is 30.1 Å². The third-order valence-electron chi connectivity index (χ3n) is 4.56. The van der Waals surface area contributed by atoms with Crippen LogP contribution in [-0.4, -0.2) is 25.1 Å². The van der Waals surface area contributed by atoms with Crippen LogP contribution in [0.2, 0.25) is 0 Å². The Labute approximate surface area is 181 Å². The van der Waals surface area contributed by atoms with Gasteiger partial charge in [0.25, 0.3) is 0 Å². The fraction of sp³-hybridized carbons (Fsp3) is 0.409. The molecular weight excluding hydrogens is 438 g/mol. The van der Waals surface area contributed by atoms with E-state index >= 15 is 0 Å². The number of amides is 1. The maximum absolute atomic E-state index is 13.0. The van der Waals surface area contributed by atoms with E-state index in [-0.39, 0.29) is 49.1 Å². The van der Waals surface area contributed by atoms with Crippen LogP contribution in [0, 0.1) is 0 Å². The van der Waals surface area contributed by atoms with Gasteiger partial charge in [-0.3, -0.25) is 4.79 Å². The van der Waals surface area contributed by atoms with Crippen LogP contribution in [0.25, 0.3) is 0 Å². The third-order valence-corrected chi connectivity index (χ3v) is 4.56. The van der Waals surface area contributed by atoms with Crippen LogP contribution in [0.5, 0.6) is 0 Å². The van der Waals surface area contributed by atoms with Crippen molar-refractivity contribution in [3.63, 3.8) is 0 Å². The number of nitrogens with one attached hydrogen (secondary N) is 1. The van der Waals surface area contributed by atoms with Crippen LogP contribution >= 0.6 is 0 Å². The van der Waals surface area contributed by atoms with Crippen molar-refractivity contribution in [3.05, 3.63) is 70.8 Å². The molecule has 0 aliphatic carbocycles. The molecule has 0 bridgehead atoms. The highest BCUT2D eigenvalue weighted by atomic mass is 19.4. The minimum atomic E-state index is -4.92. The maximum Gasteiger partial charge on any atom is 0.416 e. The summed E-state index contributed by atoms with van der Waals surface area (Å²) >= 11 is 0. The molecule has 2 unspecified atom stereocenters. The zero-order chi connectivity index (χ0) is 23.9. The van der Waals surface area contributed by atoms with E-state index in [0.717, 1.165) is 5.56 Å². The van der Waals surface area contributed by atoms with Gasteiger partial charge in [0.1, 0.15) is 0 Å². The molecule has 1 amide bonds. The Balaban J connectivity index is 2.12. The van der Waals surface area contributed by atoms with E-state index in [1.165, 1.54) is 0 Å². The molecule has 0 radical (unpaired) electrons. The number of rotatable bonds is 9. The summed E-state index contributed by atoms with van der Waals surface area (Å²) in [4.78, 5) is 11.9. The zero-order valence-corrected chi connectivity index (χ0v) is 17.3. The molecule has 2 atom stereocenters. The Morgan fingerprint density at radius 1 is 1.00 bits per heavy atom. The van der Waals surface area contributed by atoms with Crippen molar-refractivity contribution in [3.8, 4) is 0 Å². The van der Waals surface area contributed by atoms with E-state index in [2.05, 4.69) is 5.32 Å². The van der Waals surface area contributed by atoms with E-state index in [0.29, 0.717) is 12.1 Å². The molecule has 176 valence electrons. The predicted octanol–water partition coefficient (Wildman–Crippen LogP) is 4.88. The maximum atomic E-state index is 13.0. The number of carbonyl (C=O) groups excluding carboxylic acids is 1. The Morgan fingerprint density at radius 2 is 1.56 bits per heavy atom. The predicted molar refractivity (Wildman–Crippen MR) is 107 cm³/mol. The largest absolute Gasteiger partial charge is 0.416 e. The van der Waals surface area contributed by atoms with Crippen LogP contribution < -0.4 is 11.1 Å². The van der Waals surface area contributed by atoms with Crippen molar-refractivity contribution in [2.75, 3.05) is 13.2 Å². The number of hydrogen-bond donors (Lipinski definition) is 2. The lowest BCUT2D eigenvalue weighted by Gasteiger charge is -2.19. The molecule has 3 N–H and O–H groups in total. The van der Waals surface area contributed by atoms with Crippen molar-refractivity contribution in [2.45, 2.75) is 44.3 Å². The van der Waals surface area contributed by atoms with Gasteiger partial charge >= 0.3 is 12.4 Å². The van der Waals surface area contributed by atoms with Gasteiger partial charge in [-0.2, -0.15) is 26.3 Å². The topological polar surface area (TPSA) is 64.4 Å². The highest BCUT2D eigenvalue weighted by Gasteiger charge is 2.36. The molecule has 0 saturated carbocycles. The first kappa shape index (κ1) is 25.7. The minimum absolute atomic E-state index is 0.0277. The number of halogens is 6. The smallest absolute Gasteiger partial charge is 0.376 e. The Kier molecular flexibility index (Phi) is 8.68. The van der Waals surface area contributed by atoms with E-state index in [1.807, 2.05) is 0 Å². The molecule has 0 aliphatic heterocycles. The SMILES string of the molecule is CC(N)CC(=O)NCC(COCc1cc(C(F)(F)F)cc(C(F)(F)F)c1)c1ccccc1. The summed E-state index contributed by atoms with van der Waals surface area (Å²) in [6, 6.07) is 9.93.